The predicted octanol–water partition coefficient (Wildman–Crippen LogP) is 3.84. The van der Waals surface area contributed by atoms with E-state index in [1.54, 1.807) is 19.1 Å². The molecule has 3 aromatic rings. The average molecular weight is 455 g/mol. The molecule has 0 aliphatic heterocycles. The summed E-state index contributed by atoms with van der Waals surface area (Å²) < 4.78 is 34.0. The van der Waals surface area contributed by atoms with Crippen LogP contribution in [0.2, 0.25) is 0 Å². The van der Waals surface area contributed by atoms with Crippen LogP contribution in [0.15, 0.2) is 45.8 Å². The van der Waals surface area contributed by atoms with Crippen molar-refractivity contribution in [3.8, 4) is 11.4 Å². The first-order valence-corrected chi connectivity index (χ1v) is 12.0. The Morgan fingerprint density at radius 3 is 2.53 bits per heavy atom. The number of carbonyl (C=O) groups excluding carboxylic acids is 1. The number of rotatable bonds is 7. The zero-order chi connectivity index (χ0) is 23.0. The van der Waals surface area contributed by atoms with Gasteiger partial charge >= 0.3 is 0 Å². The molecule has 1 heterocycles. The number of anilines is 1. The molecule has 8 nitrogen and oxygen atoms in total. The van der Waals surface area contributed by atoms with Gasteiger partial charge in [-0.3, -0.25) is 4.79 Å². The maximum absolute atomic E-state index is 13.1. The lowest BCUT2D eigenvalue weighted by Gasteiger charge is -2.17. The van der Waals surface area contributed by atoms with Gasteiger partial charge in [-0.1, -0.05) is 29.4 Å². The van der Waals surface area contributed by atoms with Crippen LogP contribution >= 0.6 is 0 Å². The summed E-state index contributed by atoms with van der Waals surface area (Å²) in [5, 5.41) is 6.78. The number of nitrogens with one attached hydrogen (secondary N) is 2. The normalized spacial score (nSPS) is 14.9. The van der Waals surface area contributed by atoms with Crippen molar-refractivity contribution < 1.29 is 17.7 Å². The van der Waals surface area contributed by atoms with Crippen LogP contribution in [-0.2, 0) is 14.8 Å². The standard InChI is InChI=1S/C23H26N4O4S/c1-13-5-6-14(2)19(11-13)24-22(28)16(4)27-32(29,30)20-12-18(8-7-15(20)3)21-25-23(31-26-21)17-9-10-17/h5-8,11-12,16-17,27H,9-10H2,1-4H3,(H,24,28)/t16-/m1/s1. The van der Waals surface area contributed by atoms with E-state index in [0.29, 0.717) is 34.4 Å². The van der Waals surface area contributed by atoms with Crippen LogP contribution < -0.4 is 10.0 Å². The van der Waals surface area contributed by atoms with Crippen molar-refractivity contribution in [2.75, 3.05) is 5.32 Å². The highest BCUT2D eigenvalue weighted by atomic mass is 32.2. The third kappa shape index (κ3) is 4.73. The third-order valence-electron chi connectivity index (χ3n) is 5.48. The summed E-state index contributed by atoms with van der Waals surface area (Å²) in [6, 6.07) is 9.68. The number of amides is 1. The minimum Gasteiger partial charge on any atom is -0.339 e. The van der Waals surface area contributed by atoms with Crippen molar-refractivity contribution >= 4 is 21.6 Å². The molecule has 2 aromatic carbocycles. The number of aromatic nitrogens is 2. The Labute approximate surface area is 187 Å². The van der Waals surface area contributed by atoms with E-state index in [1.807, 2.05) is 32.0 Å². The monoisotopic (exact) mass is 454 g/mol. The van der Waals surface area contributed by atoms with Gasteiger partial charge in [-0.15, -0.1) is 0 Å². The Morgan fingerprint density at radius 2 is 1.81 bits per heavy atom. The molecule has 1 aliphatic rings. The van der Waals surface area contributed by atoms with Crippen LogP contribution in [0.5, 0.6) is 0 Å². The molecule has 168 valence electrons. The summed E-state index contributed by atoms with van der Waals surface area (Å²) in [6.07, 6.45) is 2.06. The third-order valence-corrected chi connectivity index (χ3v) is 7.16. The fourth-order valence-corrected chi connectivity index (χ4v) is 4.81. The molecular formula is C23H26N4O4S. The number of hydrogen-bond acceptors (Lipinski definition) is 6. The molecule has 0 saturated heterocycles. The largest absolute Gasteiger partial charge is 0.339 e. The second-order valence-electron chi connectivity index (χ2n) is 8.36. The number of benzene rings is 2. The van der Waals surface area contributed by atoms with E-state index >= 15 is 0 Å². The van der Waals surface area contributed by atoms with Crippen molar-refractivity contribution in [3.05, 3.63) is 59.0 Å². The molecule has 2 N–H and O–H groups in total. The molecule has 1 amide bonds. The first-order chi connectivity index (χ1) is 15.1. The van der Waals surface area contributed by atoms with E-state index in [-0.39, 0.29) is 4.90 Å². The molecular weight excluding hydrogens is 428 g/mol. The minimum absolute atomic E-state index is 0.0687. The van der Waals surface area contributed by atoms with Gasteiger partial charge in [-0.05, 0) is 69.4 Å². The number of carbonyl (C=O) groups is 1. The second kappa shape index (κ2) is 8.48. The molecule has 9 heteroatoms. The lowest BCUT2D eigenvalue weighted by Crippen LogP contribution is -2.41. The van der Waals surface area contributed by atoms with Gasteiger partial charge in [0.2, 0.25) is 27.6 Å². The van der Waals surface area contributed by atoms with Gasteiger partial charge in [-0.2, -0.15) is 9.71 Å². The zero-order valence-electron chi connectivity index (χ0n) is 18.5. The van der Waals surface area contributed by atoms with Crippen LogP contribution in [0, 0.1) is 20.8 Å². The lowest BCUT2D eigenvalue weighted by atomic mass is 10.1. The zero-order valence-corrected chi connectivity index (χ0v) is 19.3. The number of sulfonamides is 1. The van der Waals surface area contributed by atoms with Crippen molar-refractivity contribution in [2.24, 2.45) is 0 Å². The van der Waals surface area contributed by atoms with Gasteiger partial charge in [0, 0.05) is 17.2 Å². The maximum Gasteiger partial charge on any atom is 0.242 e. The molecule has 0 unspecified atom stereocenters. The number of hydrogen-bond donors (Lipinski definition) is 2. The topological polar surface area (TPSA) is 114 Å². The van der Waals surface area contributed by atoms with E-state index in [0.717, 1.165) is 24.0 Å². The molecule has 1 fully saturated rings. The van der Waals surface area contributed by atoms with Crippen LogP contribution in [0.1, 0.15) is 48.3 Å². The lowest BCUT2D eigenvalue weighted by molar-refractivity contribution is -0.117. The summed E-state index contributed by atoms with van der Waals surface area (Å²) in [4.78, 5) is 17.1. The Balaban J connectivity index is 1.53. The van der Waals surface area contributed by atoms with Crippen LogP contribution in [0.25, 0.3) is 11.4 Å². The van der Waals surface area contributed by atoms with Gasteiger partial charge < -0.3 is 9.84 Å². The molecule has 0 spiro atoms. The van der Waals surface area contributed by atoms with Crippen molar-refractivity contribution in [1.29, 1.82) is 0 Å². The van der Waals surface area contributed by atoms with Crippen molar-refractivity contribution in [2.45, 2.75) is 57.4 Å². The molecule has 32 heavy (non-hydrogen) atoms. The highest BCUT2D eigenvalue weighted by Gasteiger charge is 2.30. The van der Waals surface area contributed by atoms with Crippen LogP contribution in [0.4, 0.5) is 5.69 Å². The van der Waals surface area contributed by atoms with E-state index in [2.05, 4.69) is 20.2 Å². The molecule has 1 saturated carbocycles. The highest BCUT2D eigenvalue weighted by Crippen LogP contribution is 2.39. The quantitative estimate of drug-likeness (QED) is 0.561. The van der Waals surface area contributed by atoms with Gasteiger partial charge in [-0.25, -0.2) is 8.42 Å². The Bertz CT molecular complexity index is 1280. The fourth-order valence-electron chi connectivity index (χ4n) is 3.34. The van der Waals surface area contributed by atoms with E-state index in [1.165, 1.54) is 13.0 Å². The van der Waals surface area contributed by atoms with Crippen molar-refractivity contribution in [1.82, 2.24) is 14.9 Å². The molecule has 0 radical (unpaired) electrons. The molecule has 4 rings (SSSR count). The SMILES string of the molecule is Cc1ccc(C)c(NC(=O)[C@@H](C)NS(=O)(=O)c2cc(-c3noc(C4CC4)n3)ccc2C)c1. The molecule has 1 aliphatic carbocycles. The number of nitrogens with zero attached hydrogens (tertiary/aromatic N) is 2. The Morgan fingerprint density at radius 1 is 1.09 bits per heavy atom. The summed E-state index contributed by atoms with van der Waals surface area (Å²) in [7, 11) is -3.97. The first kappa shape index (κ1) is 22.2. The average Bonchev–Trinajstić information content (AvgIpc) is 3.47. The first-order valence-electron chi connectivity index (χ1n) is 10.5. The van der Waals surface area contributed by atoms with Crippen LogP contribution in [0.3, 0.4) is 0 Å². The van der Waals surface area contributed by atoms with Gasteiger partial charge in [0.15, 0.2) is 0 Å². The Hall–Kier alpha value is -3.04. The second-order valence-corrected chi connectivity index (χ2v) is 10.0. The summed E-state index contributed by atoms with van der Waals surface area (Å²) in [5.41, 5.74) is 3.64. The summed E-state index contributed by atoms with van der Waals surface area (Å²) in [6.45, 7) is 7.02. The molecule has 1 atom stereocenters. The smallest absolute Gasteiger partial charge is 0.242 e. The number of aryl methyl sites for hydroxylation is 3. The Kier molecular flexibility index (Phi) is 5.87. The summed E-state index contributed by atoms with van der Waals surface area (Å²) >= 11 is 0. The van der Waals surface area contributed by atoms with Gasteiger partial charge in [0.1, 0.15) is 0 Å². The summed E-state index contributed by atoms with van der Waals surface area (Å²) in [5.74, 6) is 0.801. The minimum atomic E-state index is -3.97. The van der Waals surface area contributed by atoms with Gasteiger partial charge in [0.05, 0.1) is 10.9 Å². The fraction of sp³-hybridized carbons (Fsp3) is 0.348. The molecule has 1 aromatic heterocycles. The van der Waals surface area contributed by atoms with E-state index < -0.39 is 22.0 Å². The van der Waals surface area contributed by atoms with E-state index in [9.17, 15) is 13.2 Å². The highest BCUT2D eigenvalue weighted by molar-refractivity contribution is 7.89. The van der Waals surface area contributed by atoms with Gasteiger partial charge in [0.25, 0.3) is 0 Å². The maximum atomic E-state index is 13.1. The molecule has 0 bridgehead atoms. The van der Waals surface area contributed by atoms with E-state index in [4.69, 9.17) is 4.52 Å². The van der Waals surface area contributed by atoms with Crippen LogP contribution in [-0.4, -0.2) is 30.5 Å². The predicted molar refractivity (Wildman–Crippen MR) is 121 cm³/mol. The van der Waals surface area contributed by atoms with Crippen molar-refractivity contribution in [3.63, 3.8) is 0 Å².